The molecule has 4 N–H and O–H groups in total. The van der Waals surface area contributed by atoms with Crippen LogP contribution in [-0.2, 0) is 6.54 Å². The molecular formula is C14H13BrN2O2. The van der Waals surface area contributed by atoms with Crippen LogP contribution in [0.3, 0.4) is 0 Å². The van der Waals surface area contributed by atoms with Crippen molar-refractivity contribution in [3.05, 3.63) is 58.1 Å². The molecule has 0 aliphatic heterocycles. The Hall–Kier alpha value is -2.01. The lowest BCUT2D eigenvalue weighted by Gasteiger charge is -2.10. The maximum atomic E-state index is 10.9. The summed E-state index contributed by atoms with van der Waals surface area (Å²) in [5.74, 6) is -0.966. The summed E-state index contributed by atoms with van der Waals surface area (Å²) in [7, 11) is 0. The van der Waals surface area contributed by atoms with E-state index in [1.165, 1.54) is 12.1 Å². The first-order chi connectivity index (χ1) is 9.06. The van der Waals surface area contributed by atoms with Gasteiger partial charge in [0, 0.05) is 11.0 Å². The predicted octanol–water partition coefficient (Wildman–Crippen LogP) is 3.34. The Balaban J connectivity index is 2.12. The summed E-state index contributed by atoms with van der Waals surface area (Å²) in [5.41, 5.74) is 8.27. The minimum Gasteiger partial charge on any atom is -0.478 e. The number of halogens is 1. The quantitative estimate of drug-likeness (QED) is 0.755. The summed E-state index contributed by atoms with van der Waals surface area (Å²) in [6.45, 7) is 0.584. The minimum atomic E-state index is -0.966. The van der Waals surface area contributed by atoms with Crippen LogP contribution in [0.25, 0.3) is 0 Å². The number of carboxylic acids is 1. The van der Waals surface area contributed by atoms with Crippen molar-refractivity contribution in [1.82, 2.24) is 0 Å². The Morgan fingerprint density at radius 1 is 1.21 bits per heavy atom. The van der Waals surface area contributed by atoms with Crippen molar-refractivity contribution in [1.29, 1.82) is 0 Å². The highest BCUT2D eigenvalue weighted by molar-refractivity contribution is 9.10. The lowest BCUT2D eigenvalue weighted by atomic mass is 10.1. The molecular weight excluding hydrogens is 308 g/mol. The maximum absolute atomic E-state index is 10.9. The molecule has 0 heterocycles. The molecule has 0 radical (unpaired) electrons. The van der Waals surface area contributed by atoms with Gasteiger partial charge in [0.05, 0.1) is 16.9 Å². The third kappa shape index (κ3) is 3.48. The number of nitrogen functional groups attached to an aromatic ring is 1. The Kier molecular flexibility index (Phi) is 4.06. The van der Waals surface area contributed by atoms with E-state index in [2.05, 4.69) is 21.2 Å². The predicted molar refractivity (Wildman–Crippen MR) is 79.3 cm³/mol. The van der Waals surface area contributed by atoms with Crippen LogP contribution >= 0.6 is 15.9 Å². The molecule has 2 aromatic rings. The number of carboxylic acid groups (broad SMARTS) is 1. The number of anilines is 2. The van der Waals surface area contributed by atoms with Crippen LogP contribution in [0.1, 0.15) is 15.9 Å². The molecule has 98 valence electrons. The van der Waals surface area contributed by atoms with Crippen LogP contribution in [0.2, 0.25) is 0 Å². The van der Waals surface area contributed by atoms with Crippen molar-refractivity contribution in [3.63, 3.8) is 0 Å². The molecule has 4 nitrogen and oxygen atoms in total. The van der Waals surface area contributed by atoms with Crippen LogP contribution < -0.4 is 11.1 Å². The zero-order chi connectivity index (χ0) is 13.8. The molecule has 0 unspecified atom stereocenters. The fourth-order valence-corrected chi connectivity index (χ4v) is 1.91. The summed E-state index contributed by atoms with van der Waals surface area (Å²) in [5, 5.41) is 12.1. The second kappa shape index (κ2) is 5.75. The van der Waals surface area contributed by atoms with Gasteiger partial charge in [-0.05, 0) is 35.9 Å². The van der Waals surface area contributed by atoms with Crippen LogP contribution in [0.4, 0.5) is 11.4 Å². The minimum absolute atomic E-state index is 0.215. The van der Waals surface area contributed by atoms with E-state index in [1.807, 2.05) is 24.3 Å². The van der Waals surface area contributed by atoms with E-state index >= 15 is 0 Å². The summed E-state index contributed by atoms with van der Waals surface area (Å²) < 4.78 is 1.02. The average molecular weight is 321 g/mol. The summed E-state index contributed by atoms with van der Waals surface area (Å²) >= 11 is 3.37. The zero-order valence-electron chi connectivity index (χ0n) is 10.1. The maximum Gasteiger partial charge on any atom is 0.335 e. The van der Waals surface area contributed by atoms with Crippen molar-refractivity contribution in [3.8, 4) is 0 Å². The van der Waals surface area contributed by atoms with Gasteiger partial charge >= 0.3 is 5.97 Å². The highest BCUT2D eigenvalue weighted by atomic mass is 79.9. The number of nitrogens with two attached hydrogens (primary N) is 1. The van der Waals surface area contributed by atoms with E-state index < -0.39 is 5.97 Å². The van der Waals surface area contributed by atoms with Gasteiger partial charge < -0.3 is 16.2 Å². The number of hydrogen-bond donors (Lipinski definition) is 3. The van der Waals surface area contributed by atoms with Crippen molar-refractivity contribution in [2.24, 2.45) is 0 Å². The Morgan fingerprint density at radius 2 is 1.89 bits per heavy atom. The Morgan fingerprint density at radius 3 is 2.53 bits per heavy atom. The third-order valence-corrected chi connectivity index (χ3v) is 3.23. The molecule has 0 amide bonds. The number of carbonyl (C=O) groups is 1. The lowest BCUT2D eigenvalue weighted by molar-refractivity contribution is 0.0697. The number of nitrogens with one attached hydrogen (secondary N) is 1. The second-order valence-electron chi connectivity index (χ2n) is 4.09. The van der Waals surface area contributed by atoms with Crippen LogP contribution in [0.5, 0.6) is 0 Å². The van der Waals surface area contributed by atoms with E-state index in [9.17, 15) is 4.79 Å². The van der Waals surface area contributed by atoms with Crippen molar-refractivity contribution in [2.45, 2.75) is 6.54 Å². The van der Waals surface area contributed by atoms with Crippen molar-refractivity contribution < 1.29 is 9.90 Å². The molecule has 0 saturated heterocycles. The normalized spacial score (nSPS) is 10.2. The number of benzene rings is 2. The fourth-order valence-electron chi connectivity index (χ4n) is 1.64. The SMILES string of the molecule is Nc1ccc(C(=O)O)cc1NCc1ccc(Br)cc1. The van der Waals surface area contributed by atoms with Gasteiger partial charge in [-0.3, -0.25) is 0 Å². The van der Waals surface area contributed by atoms with Gasteiger partial charge in [0.1, 0.15) is 0 Å². The monoisotopic (exact) mass is 320 g/mol. The highest BCUT2D eigenvalue weighted by Crippen LogP contribution is 2.21. The lowest BCUT2D eigenvalue weighted by Crippen LogP contribution is -2.05. The van der Waals surface area contributed by atoms with E-state index in [-0.39, 0.29) is 5.56 Å². The van der Waals surface area contributed by atoms with Gasteiger partial charge in [0.15, 0.2) is 0 Å². The molecule has 5 heteroatoms. The number of rotatable bonds is 4. The van der Waals surface area contributed by atoms with Crippen LogP contribution in [0.15, 0.2) is 46.9 Å². The van der Waals surface area contributed by atoms with Gasteiger partial charge in [-0.2, -0.15) is 0 Å². The first kappa shape index (κ1) is 13.4. The van der Waals surface area contributed by atoms with Crippen molar-refractivity contribution >= 4 is 33.3 Å². The van der Waals surface area contributed by atoms with Crippen molar-refractivity contribution in [2.75, 3.05) is 11.1 Å². The van der Waals surface area contributed by atoms with E-state index in [4.69, 9.17) is 10.8 Å². The molecule has 2 aromatic carbocycles. The molecule has 0 fully saturated rings. The van der Waals surface area contributed by atoms with Gasteiger partial charge in [0.25, 0.3) is 0 Å². The van der Waals surface area contributed by atoms with Gasteiger partial charge in [0.2, 0.25) is 0 Å². The Bertz CT molecular complexity index is 597. The molecule has 0 saturated carbocycles. The fraction of sp³-hybridized carbons (Fsp3) is 0.0714. The molecule has 2 rings (SSSR count). The number of aromatic carboxylic acids is 1. The first-order valence-corrected chi connectivity index (χ1v) is 6.46. The third-order valence-electron chi connectivity index (χ3n) is 2.70. The second-order valence-corrected chi connectivity index (χ2v) is 5.00. The van der Waals surface area contributed by atoms with Gasteiger partial charge in [-0.1, -0.05) is 28.1 Å². The molecule has 0 atom stereocenters. The molecule has 0 spiro atoms. The largest absolute Gasteiger partial charge is 0.478 e. The zero-order valence-corrected chi connectivity index (χ0v) is 11.6. The highest BCUT2D eigenvalue weighted by Gasteiger charge is 2.06. The van der Waals surface area contributed by atoms with E-state index in [1.54, 1.807) is 6.07 Å². The van der Waals surface area contributed by atoms with Gasteiger partial charge in [-0.15, -0.1) is 0 Å². The van der Waals surface area contributed by atoms with Crippen LogP contribution in [-0.4, -0.2) is 11.1 Å². The smallest absolute Gasteiger partial charge is 0.335 e. The van der Waals surface area contributed by atoms with Gasteiger partial charge in [-0.25, -0.2) is 4.79 Å². The molecule has 19 heavy (non-hydrogen) atoms. The summed E-state index contributed by atoms with van der Waals surface area (Å²) in [6.07, 6.45) is 0. The first-order valence-electron chi connectivity index (χ1n) is 5.67. The van der Waals surface area contributed by atoms with Crippen LogP contribution in [0, 0.1) is 0 Å². The van der Waals surface area contributed by atoms with E-state index in [0.717, 1.165) is 10.0 Å². The Labute approximate surface area is 119 Å². The molecule has 0 aliphatic rings. The van der Waals surface area contributed by atoms with E-state index in [0.29, 0.717) is 17.9 Å². The molecule has 0 aliphatic carbocycles. The standard InChI is InChI=1S/C14H13BrN2O2/c15-11-4-1-9(2-5-11)8-17-13-7-10(14(18)19)3-6-12(13)16/h1-7,17H,8,16H2,(H,18,19). The number of hydrogen-bond acceptors (Lipinski definition) is 3. The molecule has 0 aromatic heterocycles. The summed E-state index contributed by atoms with van der Waals surface area (Å²) in [6, 6.07) is 12.5. The topological polar surface area (TPSA) is 75.4 Å². The average Bonchev–Trinajstić information content (AvgIpc) is 2.39. The molecule has 0 bridgehead atoms. The summed E-state index contributed by atoms with van der Waals surface area (Å²) in [4.78, 5) is 10.9.